The number of nitrogens with zero attached hydrogens (tertiary/aromatic N) is 2. The molecule has 3 aromatic heterocycles. The van der Waals surface area contributed by atoms with E-state index in [0.29, 0.717) is 16.6 Å². The van der Waals surface area contributed by atoms with Crippen LogP contribution in [0.5, 0.6) is 5.75 Å². The Kier molecular flexibility index (Phi) is 5.04. The van der Waals surface area contributed by atoms with Crippen molar-refractivity contribution in [1.82, 2.24) is 9.97 Å². The van der Waals surface area contributed by atoms with Gasteiger partial charge in [0.05, 0.1) is 21.7 Å². The first-order chi connectivity index (χ1) is 13.6. The Balaban J connectivity index is 1.44. The van der Waals surface area contributed by atoms with E-state index in [2.05, 4.69) is 20.6 Å². The predicted molar refractivity (Wildman–Crippen MR) is 108 cm³/mol. The number of hydrogen-bond acceptors (Lipinski definition) is 8. The summed E-state index contributed by atoms with van der Waals surface area (Å²) in [5.74, 6) is -0.0799. The highest BCUT2D eigenvalue weighted by Gasteiger charge is 2.17. The van der Waals surface area contributed by atoms with E-state index in [1.54, 1.807) is 17.5 Å². The van der Waals surface area contributed by atoms with Crippen LogP contribution in [0.2, 0.25) is 0 Å². The molecule has 3 heterocycles. The number of anilines is 2. The van der Waals surface area contributed by atoms with Gasteiger partial charge in [-0.2, -0.15) is 4.98 Å². The second-order valence-corrected chi connectivity index (χ2v) is 7.48. The fraction of sp³-hybridized carbons (Fsp3) is 0.111. The molecule has 10 heteroatoms. The van der Waals surface area contributed by atoms with Gasteiger partial charge in [-0.15, -0.1) is 11.3 Å². The van der Waals surface area contributed by atoms with E-state index in [-0.39, 0.29) is 17.6 Å². The minimum Gasteiger partial charge on any atom is -0.494 e. The number of oxazole rings is 1. The zero-order valence-electron chi connectivity index (χ0n) is 14.6. The van der Waals surface area contributed by atoms with Gasteiger partial charge in [-0.3, -0.25) is 20.2 Å². The zero-order valence-corrected chi connectivity index (χ0v) is 16.2. The predicted octanol–water partition coefficient (Wildman–Crippen LogP) is 4.25. The molecule has 0 unspecified atom stereocenters. The van der Waals surface area contributed by atoms with Crippen molar-refractivity contribution in [2.45, 2.75) is 6.92 Å². The Morgan fingerprint density at radius 2 is 2.07 bits per heavy atom. The molecule has 0 atom stereocenters. The molecule has 4 rings (SSSR count). The molecular weight excluding hydrogens is 400 g/mol. The quantitative estimate of drug-likeness (QED) is 0.489. The molecular formula is C18H14N4O4S2. The highest BCUT2D eigenvalue weighted by molar-refractivity contribution is 7.22. The maximum absolute atomic E-state index is 12.4. The molecule has 2 amide bonds. The summed E-state index contributed by atoms with van der Waals surface area (Å²) >= 11 is 2.62. The largest absolute Gasteiger partial charge is 0.494 e. The molecule has 0 spiro atoms. The summed E-state index contributed by atoms with van der Waals surface area (Å²) in [6.07, 6.45) is 1.18. The maximum atomic E-state index is 12.4. The molecule has 4 aromatic rings. The summed E-state index contributed by atoms with van der Waals surface area (Å²) in [5, 5.41) is 7.42. The van der Waals surface area contributed by atoms with Crippen LogP contribution >= 0.6 is 22.7 Å². The number of ether oxygens (including phenoxy) is 1. The highest BCUT2D eigenvalue weighted by atomic mass is 32.1. The van der Waals surface area contributed by atoms with Gasteiger partial charge < -0.3 is 9.15 Å². The average Bonchev–Trinajstić information content (AvgIpc) is 3.42. The second kappa shape index (κ2) is 7.79. The van der Waals surface area contributed by atoms with Crippen molar-refractivity contribution in [3.05, 3.63) is 52.5 Å². The molecule has 0 saturated carbocycles. The van der Waals surface area contributed by atoms with Gasteiger partial charge in [-0.25, -0.2) is 4.98 Å². The molecule has 0 fully saturated rings. The highest BCUT2D eigenvalue weighted by Crippen LogP contribution is 2.29. The normalized spacial score (nSPS) is 10.8. The van der Waals surface area contributed by atoms with Gasteiger partial charge in [0.1, 0.15) is 12.0 Å². The van der Waals surface area contributed by atoms with E-state index in [9.17, 15) is 9.59 Å². The number of carbonyl (C=O) groups is 2. The molecule has 2 N–H and O–H groups in total. The van der Waals surface area contributed by atoms with Crippen LogP contribution in [0.1, 0.15) is 27.1 Å². The summed E-state index contributed by atoms with van der Waals surface area (Å²) < 4.78 is 11.5. The molecule has 0 radical (unpaired) electrons. The Bertz CT molecular complexity index is 1130. The zero-order chi connectivity index (χ0) is 19.5. The summed E-state index contributed by atoms with van der Waals surface area (Å²) in [7, 11) is 0. The number of aromatic nitrogens is 2. The van der Waals surface area contributed by atoms with Crippen LogP contribution in [0.3, 0.4) is 0 Å². The van der Waals surface area contributed by atoms with E-state index >= 15 is 0 Å². The first-order valence-electron chi connectivity index (χ1n) is 8.27. The molecule has 142 valence electrons. The van der Waals surface area contributed by atoms with Gasteiger partial charge in [0.2, 0.25) is 0 Å². The van der Waals surface area contributed by atoms with Gasteiger partial charge in [-0.1, -0.05) is 17.4 Å². The number of thiophene rings is 1. The van der Waals surface area contributed by atoms with Crippen LogP contribution in [0, 0.1) is 0 Å². The van der Waals surface area contributed by atoms with Crippen LogP contribution in [0.15, 0.2) is 46.4 Å². The number of rotatable bonds is 6. The smallest absolute Gasteiger partial charge is 0.302 e. The monoisotopic (exact) mass is 414 g/mol. The third kappa shape index (κ3) is 3.87. The minimum atomic E-state index is -0.482. The standard InChI is InChI=1S/C18H14N4O4S2/c1-2-25-10-5-6-11-14(8-10)28-18(20-11)22-15(23)12-9-26-17(19-12)21-16(24)13-4-3-7-27-13/h3-9H,2H2,1H3,(H,19,21,24)(H,20,22,23). The maximum Gasteiger partial charge on any atom is 0.302 e. The number of hydrogen-bond donors (Lipinski definition) is 2. The molecule has 0 aliphatic rings. The Morgan fingerprint density at radius 1 is 1.18 bits per heavy atom. The molecule has 0 saturated heterocycles. The second-order valence-electron chi connectivity index (χ2n) is 5.51. The number of amides is 2. The van der Waals surface area contributed by atoms with E-state index in [0.717, 1.165) is 16.0 Å². The van der Waals surface area contributed by atoms with E-state index in [1.165, 1.54) is 28.9 Å². The fourth-order valence-corrected chi connectivity index (χ4v) is 3.89. The summed E-state index contributed by atoms with van der Waals surface area (Å²) in [5.41, 5.74) is 0.795. The lowest BCUT2D eigenvalue weighted by Gasteiger charge is -2.00. The van der Waals surface area contributed by atoms with Crippen LogP contribution < -0.4 is 15.4 Å². The SMILES string of the molecule is CCOc1ccc2nc(NC(=O)c3coc(NC(=O)c4cccs4)n3)sc2c1. The topological polar surface area (TPSA) is 106 Å². The number of nitrogens with one attached hydrogen (secondary N) is 2. The van der Waals surface area contributed by atoms with Gasteiger partial charge in [0.25, 0.3) is 11.8 Å². The Hall–Kier alpha value is -3.24. The minimum absolute atomic E-state index is 0.0377. The number of carbonyl (C=O) groups excluding carboxylic acids is 2. The van der Waals surface area contributed by atoms with Gasteiger partial charge in [0, 0.05) is 0 Å². The van der Waals surface area contributed by atoms with Crippen molar-refractivity contribution in [3.63, 3.8) is 0 Å². The van der Waals surface area contributed by atoms with Gasteiger partial charge in [-0.05, 0) is 36.6 Å². The Morgan fingerprint density at radius 3 is 2.86 bits per heavy atom. The fourth-order valence-electron chi connectivity index (χ4n) is 2.38. The lowest BCUT2D eigenvalue weighted by atomic mass is 10.3. The lowest BCUT2D eigenvalue weighted by molar-refractivity contribution is 0.101. The number of fused-ring (bicyclic) bond motifs is 1. The van der Waals surface area contributed by atoms with Gasteiger partial charge >= 0.3 is 6.01 Å². The van der Waals surface area contributed by atoms with Crippen molar-refractivity contribution >= 4 is 55.9 Å². The van der Waals surface area contributed by atoms with Crippen LogP contribution in [-0.2, 0) is 0 Å². The van der Waals surface area contributed by atoms with Crippen molar-refractivity contribution in [3.8, 4) is 5.75 Å². The molecule has 28 heavy (non-hydrogen) atoms. The van der Waals surface area contributed by atoms with E-state index < -0.39 is 5.91 Å². The summed E-state index contributed by atoms with van der Waals surface area (Å²) in [4.78, 5) is 33.3. The van der Waals surface area contributed by atoms with E-state index in [4.69, 9.17) is 9.15 Å². The summed E-state index contributed by atoms with van der Waals surface area (Å²) in [6.45, 7) is 2.49. The molecule has 1 aromatic carbocycles. The lowest BCUT2D eigenvalue weighted by Crippen LogP contribution is -2.13. The number of benzene rings is 1. The molecule has 8 nitrogen and oxygen atoms in total. The van der Waals surface area contributed by atoms with Crippen LogP contribution in [0.25, 0.3) is 10.2 Å². The molecule has 0 aliphatic carbocycles. The first-order valence-corrected chi connectivity index (χ1v) is 9.97. The summed E-state index contributed by atoms with van der Waals surface area (Å²) in [6, 6.07) is 8.94. The number of thiazole rings is 1. The van der Waals surface area contributed by atoms with Crippen LogP contribution in [0.4, 0.5) is 11.1 Å². The van der Waals surface area contributed by atoms with Gasteiger partial charge in [0.15, 0.2) is 10.8 Å². The Labute approximate surface area is 167 Å². The van der Waals surface area contributed by atoms with E-state index in [1.807, 2.05) is 25.1 Å². The van der Waals surface area contributed by atoms with Crippen molar-refractivity contribution in [1.29, 1.82) is 0 Å². The van der Waals surface area contributed by atoms with Crippen LogP contribution in [-0.4, -0.2) is 28.4 Å². The van der Waals surface area contributed by atoms with Crippen molar-refractivity contribution < 1.29 is 18.7 Å². The third-order valence-electron chi connectivity index (χ3n) is 3.59. The molecule has 0 aliphatic heterocycles. The van der Waals surface area contributed by atoms with Crippen molar-refractivity contribution in [2.24, 2.45) is 0 Å². The van der Waals surface area contributed by atoms with Crippen molar-refractivity contribution in [2.75, 3.05) is 17.2 Å². The molecule has 0 bridgehead atoms. The average molecular weight is 414 g/mol. The first kappa shape index (κ1) is 18.1. The third-order valence-corrected chi connectivity index (χ3v) is 5.40.